The zero-order valence-corrected chi connectivity index (χ0v) is 12.2. The van der Waals surface area contributed by atoms with Gasteiger partial charge in [-0.1, -0.05) is 32.6 Å². The number of amides is 1. The van der Waals surface area contributed by atoms with Crippen LogP contribution in [0, 0.1) is 23.1 Å². The molecule has 0 aromatic heterocycles. The van der Waals surface area contributed by atoms with Crippen LogP contribution in [0.25, 0.3) is 0 Å². The molecule has 0 spiro atoms. The second-order valence-electron chi connectivity index (χ2n) is 5.76. The van der Waals surface area contributed by atoms with Gasteiger partial charge in [0, 0.05) is 12.1 Å². The standard InChI is InChI=1S/C16H21FN2O/c1-16(2,3)8-10-19-15(20)14-11-13(17)7-6-12(14)5-4-9-18/h6-7,11H,8-10,18H2,1-3H3,(H,19,20). The quantitative estimate of drug-likeness (QED) is 0.832. The lowest BCUT2D eigenvalue weighted by Gasteiger charge is -2.18. The fraction of sp³-hybridized carbons (Fsp3) is 0.438. The van der Waals surface area contributed by atoms with Crippen molar-refractivity contribution < 1.29 is 9.18 Å². The second kappa shape index (κ2) is 7.06. The highest BCUT2D eigenvalue weighted by atomic mass is 19.1. The lowest BCUT2D eigenvalue weighted by molar-refractivity contribution is 0.0949. The third kappa shape index (κ3) is 5.41. The summed E-state index contributed by atoms with van der Waals surface area (Å²) < 4.78 is 13.3. The monoisotopic (exact) mass is 276 g/mol. The third-order valence-electron chi connectivity index (χ3n) is 2.71. The van der Waals surface area contributed by atoms with Gasteiger partial charge in [0.1, 0.15) is 5.82 Å². The average Bonchev–Trinajstić information content (AvgIpc) is 2.35. The highest BCUT2D eigenvalue weighted by Crippen LogP contribution is 2.17. The highest BCUT2D eigenvalue weighted by molar-refractivity contribution is 5.96. The number of carbonyl (C=O) groups is 1. The summed E-state index contributed by atoms with van der Waals surface area (Å²) in [5, 5.41) is 2.79. The molecule has 3 N–H and O–H groups in total. The molecule has 1 aromatic rings. The summed E-state index contributed by atoms with van der Waals surface area (Å²) in [6, 6.07) is 3.98. The molecule has 20 heavy (non-hydrogen) atoms. The van der Waals surface area contributed by atoms with E-state index >= 15 is 0 Å². The van der Waals surface area contributed by atoms with Crippen molar-refractivity contribution in [1.29, 1.82) is 0 Å². The van der Waals surface area contributed by atoms with Crippen LogP contribution in [-0.4, -0.2) is 19.0 Å². The zero-order valence-electron chi connectivity index (χ0n) is 12.2. The van der Waals surface area contributed by atoms with E-state index in [-0.39, 0.29) is 23.4 Å². The molecule has 0 aliphatic carbocycles. The van der Waals surface area contributed by atoms with Crippen molar-refractivity contribution in [2.75, 3.05) is 13.1 Å². The minimum atomic E-state index is -0.454. The summed E-state index contributed by atoms with van der Waals surface area (Å²) in [7, 11) is 0. The average molecular weight is 276 g/mol. The second-order valence-corrected chi connectivity index (χ2v) is 5.76. The largest absolute Gasteiger partial charge is 0.352 e. The number of nitrogens with one attached hydrogen (secondary N) is 1. The maximum atomic E-state index is 13.3. The van der Waals surface area contributed by atoms with E-state index < -0.39 is 5.82 Å². The van der Waals surface area contributed by atoms with Crippen molar-refractivity contribution in [3.8, 4) is 11.8 Å². The van der Waals surface area contributed by atoms with E-state index in [1.165, 1.54) is 18.2 Å². The van der Waals surface area contributed by atoms with Gasteiger partial charge in [-0.2, -0.15) is 0 Å². The van der Waals surface area contributed by atoms with Crippen molar-refractivity contribution >= 4 is 5.91 Å². The van der Waals surface area contributed by atoms with Crippen LogP contribution in [0.4, 0.5) is 4.39 Å². The summed E-state index contributed by atoms with van der Waals surface area (Å²) in [5.41, 5.74) is 6.19. The number of rotatable bonds is 3. The Labute approximate surface area is 119 Å². The van der Waals surface area contributed by atoms with E-state index in [0.717, 1.165) is 6.42 Å². The van der Waals surface area contributed by atoms with Crippen LogP contribution < -0.4 is 11.1 Å². The normalized spacial score (nSPS) is 10.7. The van der Waals surface area contributed by atoms with Gasteiger partial charge in [-0.05, 0) is 30.0 Å². The Balaban J connectivity index is 2.83. The van der Waals surface area contributed by atoms with Crippen LogP contribution in [0.5, 0.6) is 0 Å². The molecule has 0 aliphatic heterocycles. The predicted molar refractivity (Wildman–Crippen MR) is 78.7 cm³/mol. The van der Waals surface area contributed by atoms with Gasteiger partial charge < -0.3 is 11.1 Å². The van der Waals surface area contributed by atoms with Gasteiger partial charge in [0.25, 0.3) is 5.91 Å². The lowest BCUT2D eigenvalue weighted by atomic mass is 9.92. The van der Waals surface area contributed by atoms with Crippen LogP contribution in [0.1, 0.15) is 43.1 Å². The third-order valence-corrected chi connectivity index (χ3v) is 2.71. The Bertz CT molecular complexity index is 536. The fourth-order valence-corrected chi connectivity index (χ4v) is 1.61. The zero-order chi connectivity index (χ0) is 15.2. The van der Waals surface area contributed by atoms with E-state index in [4.69, 9.17) is 5.73 Å². The first kappa shape index (κ1) is 16.2. The van der Waals surface area contributed by atoms with Crippen molar-refractivity contribution in [2.24, 2.45) is 11.1 Å². The Morgan fingerprint density at radius 2 is 2.10 bits per heavy atom. The van der Waals surface area contributed by atoms with Crippen LogP contribution >= 0.6 is 0 Å². The lowest BCUT2D eigenvalue weighted by Crippen LogP contribution is -2.28. The molecule has 1 rings (SSSR count). The van der Waals surface area contributed by atoms with Crippen LogP contribution in [0.15, 0.2) is 18.2 Å². The molecule has 108 valence electrons. The first-order valence-electron chi connectivity index (χ1n) is 6.60. The number of hydrogen-bond acceptors (Lipinski definition) is 2. The van der Waals surface area contributed by atoms with Gasteiger partial charge in [0.2, 0.25) is 0 Å². The fourth-order valence-electron chi connectivity index (χ4n) is 1.61. The van der Waals surface area contributed by atoms with Gasteiger partial charge in [-0.25, -0.2) is 4.39 Å². The molecule has 0 radical (unpaired) electrons. The molecule has 0 aliphatic rings. The molecule has 3 nitrogen and oxygen atoms in total. The molecule has 0 bridgehead atoms. The SMILES string of the molecule is CC(C)(C)CCNC(=O)c1cc(F)ccc1C#CCN. The highest BCUT2D eigenvalue weighted by Gasteiger charge is 2.14. The number of benzene rings is 1. The molecular weight excluding hydrogens is 255 g/mol. The number of carbonyl (C=O) groups excluding carboxylic acids is 1. The molecule has 0 heterocycles. The molecule has 0 fully saturated rings. The van der Waals surface area contributed by atoms with E-state index in [1.54, 1.807) is 0 Å². The maximum absolute atomic E-state index is 13.3. The summed E-state index contributed by atoms with van der Waals surface area (Å²) in [6.07, 6.45) is 0.845. The first-order valence-corrected chi connectivity index (χ1v) is 6.60. The van der Waals surface area contributed by atoms with Crippen molar-refractivity contribution in [2.45, 2.75) is 27.2 Å². The summed E-state index contributed by atoms with van der Waals surface area (Å²) >= 11 is 0. The van der Waals surface area contributed by atoms with Gasteiger partial charge in [-0.3, -0.25) is 4.79 Å². The Morgan fingerprint density at radius 3 is 2.70 bits per heavy atom. The maximum Gasteiger partial charge on any atom is 0.252 e. The predicted octanol–water partition coefficient (Wildman–Crippen LogP) is 2.30. The van der Waals surface area contributed by atoms with Crippen LogP contribution in [0.2, 0.25) is 0 Å². The molecule has 0 saturated heterocycles. The van der Waals surface area contributed by atoms with E-state index in [2.05, 4.69) is 37.9 Å². The molecule has 0 atom stereocenters. The minimum Gasteiger partial charge on any atom is -0.352 e. The number of nitrogens with two attached hydrogens (primary N) is 1. The number of halogens is 1. The summed E-state index contributed by atoms with van der Waals surface area (Å²) in [5.74, 6) is 4.70. The van der Waals surface area contributed by atoms with Crippen molar-refractivity contribution in [1.82, 2.24) is 5.32 Å². The van der Waals surface area contributed by atoms with Crippen LogP contribution in [0.3, 0.4) is 0 Å². The van der Waals surface area contributed by atoms with E-state index in [9.17, 15) is 9.18 Å². The van der Waals surface area contributed by atoms with E-state index in [1.807, 2.05) is 0 Å². The van der Waals surface area contributed by atoms with Gasteiger partial charge >= 0.3 is 0 Å². The van der Waals surface area contributed by atoms with Gasteiger partial charge in [0.15, 0.2) is 0 Å². The molecule has 0 saturated carbocycles. The van der Waals surface area contributed by atoms with Crippen molar-refractivity contribution in [3.05, 3.63) is 35.1 Å². The first-order chi connectivity index (χ1) is 9.33. The van der Waals surface area contributed by atoms with Crippen LogP contribution in [-0.2, 0) is 0 Å². The molecule has 4 heteroatoms. The van der Waals surface area contributed by atoms with E-state index in [0.29, 0.717) is 12.1 Å². The molecule has 0 unspecified atom stereocenters. The molecule has 1 amide bonds. The Hall–Kier alpha value is -1.86. The summed E-state index contributed by atoms with van der Waals surface area (Å²) in [6.45, 7) is 7.03. The Morgan fingerprint density at radius 1 is 1.40 bits per heavy atom. The van der Waals surface area contributed by atoms with Gasteiger partial charge in [0.05, 0.1) is 12.1 Å². The topological polar surface area (TPSA) is 55.1 Å². The molecule has 1 aromatic carbocycles. The minimum absolute atomic E-state index is 0.136. The Kier molecular flexibility index (Phi) is 5.72. The summed E-state index contributed by atoms with van der Waals surface area (Å²) in [4.78, 5) is 12.1. The number of hydrogen-bond donors (Lipinski definition) is 2. The smallest absolute Gasteiger partial charge is 0.252 e. The van der Waals surface area contributed by atoms with Crippen molar-refractivity contribution in [3.63, 3.8) is 0 Å². The molecular formula is C16H21FN2O. The van der Waals surface area contributed by atoms with Gasteiger partial charge in [-0.15, -0.1) is 0 Å².